The van der Waals surface area contributed by atoms with Crippen LogP contribution >= 0.6 is 0 Å². The van der Waals surface area contributed by atoms with Crippen LogP contribution in [0.1, 0.15) is 24.2 Å². The Morgan fingerprint density at radius 3 is 2.47 bits per heavy atom. The molecule has 0 unspecified atom stereocenters. The number of rotatable bonds is 2. The van der Waals surface area contributed by atoms with Crippen molar-refractivity contribution in [1.82, 2.24) is 9.78 Å². The van der Waals surface area contributed by atoms with Gasteiger partial charge in [0.25, 0.3) is 0 Å². The van der Waals surface area contributed by atoms with Crippen LogP contribution in [0, 0.1) is 6.92 Å². The van der Waals surface area contributed by atoms with Crippen LogP contribution < -0.4 is 5.73 Å². The van der Waals surface area contributed by atoms with E-state index < -0.39 is 0 Å². The monoisotopic (exact) mass is 201 g/mol. The highest BCUT2D eigenvalue weighted by Crippen LogP contribution is 2.17. The van der Waals surface area contributed by atoms with Crippen molar-refractivity contribution in [3.05, 3.63) is 47.8 Å². The van der Waals surface area contributed by atoms with Gasteiger partial charge < -0.3 is 5.73 Å². The molecule has 0 radical (unpaired) electrons. The molecule has 3 heteroatoms. The molecule has 2 aromatic rings. The summed E-state index contributed by atoms with van der Waals surface area (Å²) in [6, 6.07) is 10.1. The van der Waals surface area contributed by atoms with Gasteiger partial charge in [0.1, 0.15) is 0 Å². The number of benzene rings is 1. The van der Waals surface area contributed by atoms with Crippen LogP contribution in [0.25, 0.3) is 5.69 Å². The van der Waals surface area contributed by atoms with Gasteiger partial charge in [-0.1, -0.05) is 18.2 Å². The van der Waals surface area contributed by atoms with E-state index in [-0.39, 0.29) is 6.04 Å². The fourth-order valence-corrected chi connectivity index (χ4v) is 1.70. The first kappa shape index (κ1) is 9.93. The molecular weight excluding hydrogens is 186 g/mol. The molecule has 1 aromatic carbocycles. The Bertz CT molecular complexity index is 443. The maximum atomic E-state index is 5.85. The SMILES string of the molecule is Cc1c([C@@H](C)N)cnn1-c1ccccc1. The third kappa shape index (κ3) is 1.78. The first-order valence-corrected chi connectivity index (χ1v) is 5.05. The Balaban J connectivity index is 2.47. The molecule has 0 fully saturated rings. The van der Waals surface area contributed by atoms with Crippen LogP contribution in [0.15, 0.2) is 36.5 Å². The highest BCUT2D eigenvalue weighted by Gasteiger charge is 2.10. The minimum absolute atomic E-state index is 0.0301. The van der Waals surface area contributed by atoms with Crippen LogP contribution in [0.5, 0.6) is 0 Å². The summed E-state index contributed by atoms with van der Waals surface area (Å²) >= 11 is 0. The topological polar surface area (TPSA) is 43.8 Å². The molecule has 1 atom stereocenters. The number of nitrogens with two attached hydrogens (primary N) is 1. The van der Waals surface area contributed by atoms with Gasteiger partial charge >= 0.3 is 0 Å². The lowest BCUT2D eigenvalue weighted by atomic mass is 10.1. The zero-order valence-corrected chi connectivity index (χ0v) is 9.01. The van der Waals surface area contributed by atoms with Gasteiger partial charge in [-0.15, -0.1) is 0 Å². The molecular formula is C12H15N3. The molecule has 0 aliphatic rings. The van der Waals surface area contributed by atoms with Crippen molar-refractivity contribution in [3.63, 3.8) is 0 Å². The lowest BCUT2D eigenvalue weighted by molar-refractivity contribution is 0.797. The maximum absolute atomic E-state index is 5.85. The summed E-state index contributed by atoms with van der Waals surface area (Å²) in [5.74, 6) is 0. The Hall–Kier alpha value is -1.61. The second kappa shape index (κ2) is 3.87. The maximum Gasteiger partial charge on any atom is 0.0648 e. The van der Waals surface area contributed by atoms with Gasteiger partial charge in [-0.3, -0.25) is 0 Å². The normalized spacial score (nSPS) is 12.7. The second-order valence-corrected chi connectivity index (χ2v) is 3.72. The highest BCUT2D eigenvalue weighted by atomic mass is 15.3. The van der Waals surface area contributed by atoms with Crippen molar-refractivity contribution in [2.24, 2.45) is 5.73 Å². The molecule has 0 bridgehead atoms. The van der Waals surface area contributed by atoms with Gasteiger partial charge in [0, 0.05) is 17.3 Å². The van der Waals surface area contributed by atoms with E-state index in [0.717, 1.165) is 16.9 Å². The molecule has 2 rings (SSSR count). The van der Waals surface area contributed by atoms with E-state index in [1.807, 2.05) is 55.1 Å². The third-order valence-corrected chi connectivity index (χ3v) is 2.54. The van der Waals surface area contributed by atoms with Crippen LogP contribution in [0.4, 0.5) is 0 Å². The van der Waals surface area contributed by atoms with E-state index >= 15 is 0 Å². The molecule has 2 N–H and O–H groups in total. The Morgan fingerprint density at radius 2 is 1.93 bits per heavy atom. The summed E-state index contributed by atoms with van der Waals surface area (Å²) in [5.41, 5.74) is 9.13. The Kier molecular flexibility index (Phi) is 2.56. The number of para-hydroxylation sites is 1. The number of hydrogen-bond donors (Lipinski definition) is 1. The fourth-order valence-electron chi connectivity index (χ4n) is 1.70. The largest absolute Gasteiger partial charge is 0.324 e. The minimum Gasteiger partial charge on any atom is -0.324 e. The predicted octanol–water partition coefficient (Wildman–Crippen LogP) is 2.20. The smallest absolute Gasteiger partial charge is 0.0648 e. The van der Waals surface area contributed by atoms with Crippen molar-refractivity contribution in [3.8, 4) is 5.69 Å². The average molecular weight is 201 g/mol. The predicted molar refractivity (Wildman–Crippen MR) is 60.9 cm³/mol. The summed E-state index contributed by atoms with van der Waals surface area (Å²) in [7, 11) is 0. The molecule has 1 aromatic heterocycles. The van der Waals surface area contributed by atoms with Gasteiger partial charge in [0.2, 0.25) is 0 Å². The average Bonchev–Trinajstić information content (AvgIpc) is 2.61. The van der Waals surface area contributed by atoms with E-state index in [1.54, 1.807) is 0 Å². The Morgan fingerprint density at radius 1 is 1.27 bits per heavy atom. The van der Waals surface area contributed by atoms with E-state index in [9.17, 15) is 0 Å². The first-order valence-electron chi connectivity index (χ1n) is 5.05. The third-order valence-electron chi connectivity index (χ3n) is 2.54. The van der Waals surface area contributed by atoms with E-state index in [2.05, 4.69) is 5.10 Å². The molecule has 3 nitrogen and oxygen atoms in total. The van der Waals surface area contributed by atoms with Crippen molar-refractivity contribution < 1.29 is 0 Å². The molecule has 0 aliphatic carbocycles. The molecule has 0 amide bonds. The van der Waals surface area contributed by atoms with Crippen LogP contribution in [0.2, 0.25) is 0 Å². The van der Waals surface area contributed by atoms with Gasteiger partial charge in [-0.25, -0.2) is 4.68 Å². The summed E-state index contributed by atoms with van der Waals surface area (Å²) in [6.07, 6.45) is 1.84. The second-order valence-electron chi connectivity index (χ2n) is 3.72. The van der Waals surface area contributed by atoms with Crippen molar-refractivity contribution in [1.29, 1.82) is 0 Å². The van der Waals surface area contributed by atoms with E-state index in [1.165, 1.54) is 0 Å². The summed E-state index contributed by atoms with van der Waals surface area (Å²) in [5, 5.41) is 4.34. The van der Waals surface area contributed by atoms with Gasteiger partial charge in [0.05, 0.1) is 11.9 Å². The first-order chi connectivity index (χ1) is 7.20. The summed E-state index contributed by atoms with van der Waals surface area (Å²) in [6.45, 7) is 4.01. The van der Waals surface area contributed by atoms with E-state index in [0.29, 0.717) is 0 Å². The fraction of sp³-hybridized carbons (Fsp3) is 0.250. The highest BCUT2D eigenvalue weighted by molar-refractivity contribution is 5.35. The molecule has 0 aliphatic heterocycles. The van der Waals surface area contributed by atoms with Gasteiger partial charge in [0.15, 0.2) is 0 Å². The quantitative estimate of drug-likeness (QED) is 0.809. The lowest BCUT2D eigenvalue weighted by Crippen LogP contribution is -2.06. The zero-order valence-electron chi connectivity index (χ0n) is 9.01. The molecule has 0 saturated heterocycles. The van der Waals surface area contributed by atoms with Crippen molar-refractivity contribution >= 4 is 0 Å². The lowest BCUT2D eigenvalue weighted by Gasteiger charge is -2.06. The molecule has 1 heterocycles. The number of nitrogens with zero attached hydrogens (tertiary/aromatic N) is 2. The molecule has 0 spiro atoms. The van der Waals surface area contributed by atoms with Crippen molar-refractivity contribution in [2.45, 2.75) is 19.9 Å². The van der Waals surface area contributed by atoms with E-state index in [4.69, 9.17) is 5.73 Å². The van der Waals surface area contributed by atoms with Crippen LogP contribution in [-0.4, -0.2) is 9.78 Å². The number of hydrogen-bond acceptors (Lipinski definition) is 2. The van der Waals surface area contributed by atoms with Gasteiger partial charge in [-0.2, -0.15) is 5.10 Å². The molecule has 0 saturated carbocycles. The molecule has 15 heavy (non-hydrogen) atoms. The van der Waals surface area contributed by atoms with Crippen LogP contribution in [0.3, 0.4) is 0 Å². The number of aromatic nitrogens is 2. The summed E-state index contributed by atoms with van der Waals surface area (Å²) < 4.78 is 1.92. The Labute approximate surface area is 89.5 Å². The van der Waals surface area contributed by atoms with Gasteiger partial charge in [-0.05, 0) is 26.0 Å². The van der Waals surface area contributed by atoms with Crippen LogP contribution in [-0.2, 0) is 0 Å². The standard InChI is InChI=1S/C12H15N3/c1-9(13)12-8-14-15(10(12)2)11-6-4-3-5-7-11/h3-9H,13H2,1-2H3/t9-/m1/s1. The molecule has 78 valence electrons. The van der Waals surface area contributed by atoms with Crippen molar-refractivity contribution in [2.75, 3.05) is 0 Å². The minimum atomic E-state index is 0.0301. The zero-order chi connectivity index (χ0) is 10.8. The summed E-state index contributed by atoms with van der Waals surface area (Å²) in [4.78, 5) is 0.